The molecular weight excluding hydrogens is 339 g/mol. The summed E-state index contributed by atoms with van der Waals surface area (Å²) in [5.41, 5.74) is 1.65. The fourth-order valence-corrected chi connectivity index (χ4v) is 4.42. The zero-order chi connectivity index (χ0) is 12.8. The minimum absolute atomic E-state index is 0.121. The average molecular weight is 355 g/mol. The van der Waals surface area contributed by atoms with Gasteiger partial charge in [0.05, 0.1) is 0 Å². The van der Waals surface area contributed by atoms with Crippen molar-refractivity contribution in [1.29, 1.82) is 5.26 Å². The van der Waals surface area contributed by atoms with Crippen molar-refractivity contribution in [3.05, 3.63) is 35.4 Å². The first-order valence-corrected chi connectivity index (χ1v) is 8.89. The number of alkyl halides is 2. The van der Waals surface area contributed by atoms with Crippen molar-refractivity contribution in [2.24, 2.45) is 4.99 Å². The molecule has 3 nitrogen and oxygen atoms in total. The quantitative estimate of drug-likeness (QED) is 0.311. The van der Waals surface area contributed by atoms with Crippen LogP contribution in [0.15, 0.2) is 29.3 Å². The topological polar surface area (TPSA) is 45.4 Å². The van der Waals surface area contributed by atoms with E-state index in [0.29, 0.717) is 9.61 Å². The molecule has 1 aromatic carbocycles. The molecule has 1 aromatic rings. The van der Waals surface area contributed by atoms with Gasteiger partial charge in [0, 0.05) is 0 Å². The Labute approximate surface area is 118 Å². The summed E-state index contributed by atoms with van der Waals surface area (Å²) >= 11 is 0.121. The molecule has 1 heterocycles. The van der Waals surface area contributed by atoms with Crippen LogP contribution in [0.25, 0.3) is 0 Å². The number of unbranched alkanes of at least 4 members (excludes halogenated alkanes) is 1. The predicted molar refractivity (Wildman–Crippen MR) is 67.2 cm³/mol. The van der Waals surface area contributed by atoms with E-state index in [1.54, 1.807) is 12.1 Å². The number of hydrogen-bond donors (Lipinski definition) is 0. The molecule has 18 heavy (non-hydrogen) atoms. The second-order valence-corrected chi connectivity index (χ2v) is 7.46. The van der Waals surface area contributed by atoms with Gasteiger partial charge in [-0.05, 0) is 0 Å². The SMILES string of the molecule is CCCC[I-][C@H]1COC(c2ccc(C#N)cc2)=N1. The summed E-state index contributed by atoms with van der Waals surface area (Å²) in [5, 5.41) is 8.75. The number of halogens is 1. The first-order valence-electron chi connectivity index (χ1n) is 6.12. The molecule has 0 radical (unpaired) electrons. The van der Waals surface area contributed by atoms with E-state index in [1.807, 2.05) is 12.1 Å². The summed E-state index contributed by atoms with van der Waals surface area (Å²) < 4.78 is 7.39. The maximum atomic E-state index is 8.75. The van der Waals surface area contributed by atoms with Gasteiger partial charge in [-0.25, -0.2) is 0 Å². The van der Waals surface area contributed by atoms with Gasteiger partial charge >= 0.3 is 118 Å². The maximum absolute atomic E-state index is 8.75. The Morgan fingerprint density at radius 3 is 2.89 bits per heavy atom. The van der Waals surface area contributed by atoms with Crippen LogP contribution in [0.1, 0.15) is 30.9 Å². The second-order valence-electron chi connectivity index (χ2n) is 4.07. The van der Waals surface area contributed by atoms with E-state index in [-0.39, 0.29) is 21.2 Å². The van der Waals surface area contributed by atoms with Gasteiger partial charge in [0.1, 0.15) is 0 Å². The fraction of sp³-hybridized carbons (Fsp3) is 0.429. The molecule has 0 saturated carbocycles. The molecule has 0 saturated heterocycles. The van der Waals surface area contributed by atoms with Crippen molar-refractivity contribution in [1.82, 2.24) is 0 Å². The van der Waals surface area contributed by atoms with Crippen molar-refractivity contribution < 1.29 is 25.9 Å². The van der Waals surface area contributed by atoms with Crippen LogP contribution in [0.5, 0.6) is 0 Å². The summed E-state index contributed by atoms with van der Waals surface area (Å²) in [4.78, 5) is 4.65. The number of nitriles is 1. The zero-order valence-corrected chi connectivity index (χ0v) is 12.6. The van der Waals surface area contributed by atoms with Crippen LogP contribution in [0.3, 0.4) is 0 Å². The number of hydrogen-bond acceptors (Lipinski definition) is 3. The first-order chi connectivity index (χ1) is 8.83. The average Bonchev–Trinajstić information content (AvgIpc) is 2.88. The van der Waals surface area contributed by atoms with Gasteiger partial charge in [-0.15, -0.1) is 0 Å². The van der Waals surface area contributed by atoms with Crippen LogP contribution in [-0.4, -0.2) is 21.0 Å². The number of benzene rings is 1. The van der Waals surface area contributed by atoms with Crippen LogP contribution in [-0.2, 0) is 4.74 Å². The third-order valence-electron chi connectivity index (χ3n) is 2.65. The minimum atomic E-state index is 0.121. The second kappa shape index (κ2) is 6.74. The van der Waals surface area contributed by atoms with Crippen molar-refractivity contribution in [3.8, 4) is 6.07 Å². The van der Waals surface area contributed by atoms with E-state index in [2.05, 4.69) is 18.0 Å². The van der Waals surface area contributed by atoms with Gasteiger partial charge in [0.2, 0.25) is 0 Å². The number of aliphatic imine (C=N–C) groups is 1. The van der Waals surface area contributed by atoms with Gasteiger partial charge in [0.25, 0.3) is 0 Å². The third-order valence-corrected chi connectivity index (χ3v) is 5.69. The van der Waals surface area contributed by atoms with Crippen LogP contribution in [0, 0.1) is 11.3 Å². The van der Waals surface area contributed by atoms with Gasteiger partial charge in [0.15, 0.2) is 0 Å². The first kappa shape index (κ1) is 13.3. The molecule has 0 aromatic heterocycles. The molecule has 96 valence electrons. The number of rotatable bonds is 5. The predicted octanol–water partition coefficient (Wildman–Crippen LogP) is -0.450. The van der Waals surface area contributed by atoms with E-state index in [4.69, 9.17) is 10.00 Å². The van der Waals surface area contributed by atoms with Gasteiger partial charge in [-0.3, -0.25) is 0 Å². The van der Waals surface area contributed by atoms with E-state index in [0.717, 1.165) is 18.1 Å². The Balaban J connectivity index is 1.97. The van der Waals surface area contributed by atoms with Crippen molar-refractivity contribution in [2.45, 2.75) is 23.8 Å². The van der Waals surface area contributed by atoms with Crippen LogP contribution >= 0.6 is 0 Å². The van der Waals surface area contributed by atoms with Crippen molar-refractivity contribution in [2.75, 3.05) is 11.0 Å². The van der Waals surface area contributed by atoms with E-state index in [9.17, 15) is 0 Å². The standard InChI is InChI=1S/C14H16IN2O/c1-2-3-8-15-13-10-18-14(17-13)12-6-4-11(9-16)5-7-12/h4-7,13H,2-3,8,10H2,1H3/q-1/t13-/m1/s1. The molecule has 0 bridgehead atoms. The summed E-state index contributed by atoms with van der Waals surface area (Å²) in [7, 11) is 0. The van der Waals surface area contributed by atoms with Gasteiger partial charge in [-0.2, -0.15) is 0 Å². The normalized spacial score (nSPS) is 18.2. The zero-order valence-electron chi connectivity index (χ0n) is 10.4. The van der Waals surface area contributed by atoms with Crippen LogP contribution in [0.2, 0.25) is 0 Å². The molecule has 0 aliphatic carbocycles. The van der Waals surface area contributed by atoms with Crippen LogP contribution < -0.4 is 21.2 Å². The molecule has 0 N–H and O–H groups in total. The summed E-state index contributed by atoms with van der Waals surface area (Å²) in [5.74, 6) is 0.751. The molecule has 0 spiro atoms. The molecule has 1 aliphatic heterocycles. The molecule has 0 amide bonds. The molecular formula is C14H16IN2O-. The molecule has 0 fully saturated rings. The van der Waals surface area contributed by atoms with Gasteiger partial charge in [-0.1, -0.05) is 0 Å². The van der Waals surface area contributed by atoms with Crippen molar-refractivity contribution in [3.63, 3.8) is 0 Å². The Bertz CT molecular complexity index is 462. The van der Waals surface area contributed by atoms with E-state index >= 15 is 0 Å². The Morgan fingerprint density at radius 2 is 2.22 bits per heavy atom. The van der Waals surface area contributed by atoms with Crippen molar-refractivity contribution >= 4 is 5.90 Å². The summed E-state index contributed by atoms with van der Waals surface area (Å²) in [6.45, 7) is 2.96. The van der Waals surface area contributed by atoms with Crippen LogP contribution in [0.4, 0.5) is 0 Å². The number of ether oxygens (including phenoxy) is 1. The molecule has 4 heteroatoms. The Hall–Kier alpha value is -1.09. The van der Waals surface area contributed by atoms with E-state index in [1.165, 1.54) is 17.3 Å². The Morgan fingerprint density at radius 1 is 1.44 bits per heavy atom. The van der Waals surface area contributed by atoms with E-state index < -0.39 is 0 Å². The number of nitrogens with zero attached hydrogens (tertiary/aromatic N) is 2. The Kier molecular flexibility index (Phi) is 5.00. The molecule has 2 rings (SSSR count). The summed E-state index contributed by atoms with van der Waals surface area (Å²) in [6.07, 6.45) is 2.57. The monoisotopic (exact) mass is 355 g/mol. The molecule has 1 atom stereocenters. The third kappa shape index (κ3) is 3.45. The summed E-state index contributed by atoms with van der Waals surface area (Å²) in [6, 6.07) is 9.54. The van der Waals surface area contributed by atoms with Gasteiger partial charge < -0.3 is 0 Å². The molecule has 1 aliphatic rings. The fourth-order valence-electron chi connectivity index (χ4n) is 1.61. The molecule has 0 unspecified atom stereocenters.